The molecule has 0 radical (unpaired) electrons. The van der Waals surface area contributed by atoms with Crippen molar-refractivity contribution in [2.75, 3.05) is 18.4 Å². The molecule has 1 heterocycles. The van der Waals surface area contributed by atoms with E-state index in [0.29, 0.717) is 13.1 Å². The molecule has 6 heteroatoms. The Bertz CT molecular complexity index is 780. The van der Waals surface area contributed by atoms with Gasteiger partial charge in [-0.2, -0.15) is 0 Å². The molecule has 3 amide bonds. The molecule has 2 N–H and O–H groups in total. The smallest absolute Gasteiger partial charge is 0.317 e. The number of nitrogens with zero attached hydrogens (tertiary/aromatic N) is 1. The van der Waals surface area contributed by atoms with Crippen molar-refractivity contribution in [3.8, 4) is 0 Å². The van der Waals surface area contributed by atoms with Crippen LogP contribution in [-0.4, -0.2) is 29.9 Å². The highest BCUT2D eigenvalue weighted by molar-refractivity contribution is 5.93. The summed E-state index contributed by atoms with van der Waals surface area (Å²) in [5, 5.41) is 5.84. The number of halogens is 1. The molecule has 142 valence electrons. The maximum Gasteiger partial charge on any atom is 0.317 e. The summed E-state index contributed by atoms with van der Waals surface area (Å²) in [5.41, 5.74) is 1.59. The van der Waals surface area contributed by atoms with Gasteiger partial charge in [0, 0.05) is 18.8 Å². The van der Waals surface area contributed by atoms with E-state index >= 15 is 0 Å². The van der Waals surface area contributed by atoms with E-state index in [1.165, 1.54) is 12.1 Å². The number of urea groups is 1. The number of rotatable bonds is 4. The van der Waals surface area contributed by atoms with Crippen LogP contribution in [0, 0.1) is 11.7 Å². The molecule has 1 saturated heterocycles. The minimum atomic E-state index is -0.305. The Labute approximate surface area is 158 Å². The maximum absolute atomic E-state index is 13.0. The number of anilines is 1. The number of carbonyl (C=O) groups is 2. The van der Waals surface area contributed by atoms with Crippen molar-refractivity contribution in [2.45, 2.75) is 25.8 Å². The van der Waals surface area contributed by atoms with E-state index in [-0.39, 0.29) is 29.7 Å². The van der Waals surface area contributed by atoms with Gasteiger partial charge in [0.05, 0.1) is 12.0 Å². The Morgan fingerprint density at radius 2 is 1.81 bits per heavy atom. The summed E-state index contributed by atoms with van der Waals surface area (Å²) in [6.07, 6.45) is 1.54. The highest BCUT2D eigenvalue weighted by atomic mass is 19.1. The summed E-state index contributed by atoms with van der Waals surface area (Å²) in [7, 11) is 0. The molecule has 0 bridgehead atoms. The normalized spacial score (nSPS) is 17.9. The lowest BCUT2D eigenvalue weighted by atomic mass is 9.97. The van der Waals surface area contributed by atoms with Crippen LogP contribution in [0.2, 0.25) is 0 Å². The maximum atomic E-state index is 13.0. The molecule has 3 rings (SSSR count). The van der Waals surface area contributed by atoms with Gasteiger partial charge in [0.2, 0.25) is 5.91 Å². The molecule has 2 unspecified atom stereocenters. The SMILES string of the molecule is CC(NC(=O)N1CCCC(C(=O)Nc2ccccc2)C1)c1ccc(F)cc1. The lowest BCUT2D eigenvalue weighted by Gasteiger charge is -2.33. The minimum Gasteiger partial charge on any atom is -0.331 e. The van der Waals surface area contributed by atoms with E-state index in [4.69, 9.17) is 0 Å². The summed E-state index contributed by atoms with van der Waals surface area (Å²) in [5.74, 6) is -0.600. The van der Waals surface area contributed by atoms with Crippen molar-refractivity contribution in [1.82, 2.24) is 10.2 Å². The van der Waals surface area contributed by atoms with Crippen molar-refractivity contribution in [2.24, 2.45) is 5.92 Å². The lowest BCUT2D eigenvalue weighted by Crippen LogP contribution is -2.48. The zero-order valence-corrected chi connectivity index (χ0v) is 15.3. The van der Waals surface area contributed by atoms with Gasteiger partial charge in [0.15, 0.2) is 0 Å². The second-order valence-corrected chi connectivity index (χ2v) is 6.86. The third kappa shape index (κ3) is 5.06. The van der Waals surface area contributed by atoms with E-state index in [9.17, 15) is 14.0 Å². The number of amides is 3. The van der Waals surface area contributed by atoms with Gasteiger partial charge < -0.3 is 15.5 Å². The first-order chi connectivity index (χ1) is 13.0. The number of hydrogen-bond acceptors (Lipinski definition) is 2. The van der Waals surface area contributed by atoms with Gasteiger partial charge >= 0.3 is 6.03 Å². The minimum absolute atomic E-state index is 0.0646. The van der Waals surface area contributed by atoms with E-state index in [0.717, 1.165) is 24.1 Å². The molecule has 27 heavy (non-hydrogen) atoms. The van der Waals surface area contributed by atoms with Crippen molar-refractivity contribution >= 4 is 17.6 Å². The van der Waals surface area contributed by atoms with Crippen molar-refractivity contribution < 1.29 is 14.0 Å². The van der Waals surface area contributed by atoms with Gasteiger partial charge in [-0.3, -0.25) is 4.79 Å². The Kier molecular flexibility index (Phi) is 6.06. The topological polar surface area (TPSA) is 61.4 Å². The van der Waals surface area contributed by atoms with Crippen molar-refractivity contribution in [3.63, 3.8) is 0 Å². The second kappa shape index (κ2) is 8.66. The summed E-state index contributed by atoms with van der Waals surface area (Å²) in [6.45, 7) is 2.87. The van der Waals surface area contributed by atoms with Crippen LogP contribution in [0.4, 0.5) is 14.9 Å². The van der Waals surface area contributed by atoms with Crippen LogP contribution in [0.1, 0.15) is 31.4 Å². The quantitative estimate of drug-likeness (QED) is 0.857. The molecule has 0 aromatic heterocycles. The number of benzene rings is 2. The molecule has 2 aromatic carbocycles. The van der Waals surface area contributed by atoms with E-state index in [2.05, 4.69) is 10.6 Å². The average molecular weight is 369 g/mol. The van der Waals surface area contributed by atoms with Gasteiger partial charge in [-0.15, -0.1) is 0 Å². The Morgan fingerprint density at radius 3 is 2.52 bits per heavy atom. The molecule has 1 fully saturated rings. The van der Waals surface area contributed by atoms with Gasteiger partial charge in [-0.05, 0) is 49.6 Å². The highest BCUT2D eigenvalue weighted by Gasteiger charge is 2.29. The van der Waals surface area contributed by atoms with Crippen LogP contribution >= 0.6 is 0 Å². The van der Waals surface area contributed by atoms with Gasteiger partial charge in [-0.1, -0.05) is 30.3 Å². The molecule has 2 atom stereocenters. The predicted molar refractivity (Wildman–Crippen MR) is 103 cm³/mol. The molecule has 0 spiro atoms. The number of piperidine rings is 1. The summed E-state index contributed by atoms with van der Waals surface area (Å²) in [4.78, 5) is 26.8. The second-order valence-electron chi connectivity index (χ2n) is 6.86. The van der Waals surface area contributed by atoms with E-state index in [1.54, 1.807) is 17.0 Å². The first kappa shape index (κ1) is 18.9. The Hall–Kier alpha value is -2.89. The molecule has 2 aromatic rings. The van der Waals surface area contributed by atoms with Crippen LogP contribution < -0.4 is 10.6 Å². The summed E-state index contributed by atoms with van der Waals surface area (Å²) >= 11 is 0. The van der Waals surface area contributed by atoms with Crippen LogP contribution in [0.5, 0.6) is 0 Å². The van der Waals surface area contributed by atoms with Crippen LogP contribution in [0.25, 0.3) is 0 Å². The molecule has 0 saturated carbocycles. The van der Waals surface area contributed by atoms with Gasteiger partial charge in [-0.25, -0.2) is 9.18 Å². The third-order valence-corrected chi connectivity index (χ3v) is 4.83. The third-order valence-electron chi connectivity index (χ3n) is 4.83. The first-order valence-electron chi connectivity index (χ1n) is 9.20. The first-order valence-corrected chi connectivity index (χ1v) is 9.20. The fraction of sp³-hybridized carbons (Fsp3) is 0.333. The number of likely N-dealkylation sites (tertiary alicyclic amines) is 1. The standard InChI is InChI=1S/C21H24FN3O2/c1-15(16-9-11-18(22)12-10-16)23-21(27)25-13-5-6-17(14-25)20(26)24-19-7-3-2-4-8-19/h2-4,7-12,15,17H,5-6,13-14H2,1H3,(H,23,27)(H,24,26). The fourth-order valence-electron chi connectivity index (χ4n) is 3.25. The fourth-order valence-corrected chi connectivity index (χ4v) is 3.25. The molecule has 1 aliphatic heterocycles. The zero-order chi connectivity index (χ0) is 19.2. The molecular formula is C21H24FN3O2. The van der Waals surface area contributed by atoms with E-state index in [1.807, 2.05) is 37.3 Å². The number of para-hydroxylation sites is 1. The summed E-state index contributed by atoms with van der Waals surface area (Å²) in [6, 6.07) is 14.9. The van der Waals surface area contributed by atoms with Gasteiger partial charge in [0.1, 0.15) is 5.82 Å². The monoisotopic (exact) mass is 369 g/mol. The lowest BCUT2D eigenvalue weighted by molar-refractivity contribution is -0.121. The molecule has 1 aliphatic rings. The van der Waals surface area contributed by atoms with Crippen LogP contribution in [-0.2, 0) is 4.79 Å². The van der Waals surface area contributed by atoms with E-state index < -0.39 is 0 Å². The average Bonchev–Trinajstić information content (AvgIpc) is 2.69. The molecule has 5 nitrogen and oxygen atoms in total. The Morgan fingerprint density at radius 1 is 1.11 bits per heavy atom. The zero-order valence-electron chi connectivity index (χ0n) is 15.3. The molecular weight excluding hydrogens is 345 g/mol. The van der Waals surface area contributed by atoms with Crippen molar-refractivity contribution in [3.05, 3.63) is 66.0 Å². The predicted octanol–water partition coefficient (Wildman–Crippen LogP) is 3.95. The number of carbonyl (C=O) groups excluding carboxylic acids is 2. The summed E-state index contributed by atoms with van der Waals surface area (Å²) < 4.78 is 13.0. The highest BCUT2D eigenvalue weighted by Crippen LogP contribution is 2.20. The molecule has 0 aliphatic carbocycles. The number of nitrogens with one attached hydrogen (secondary N) is 2. The Balaban J connectivity index is 1.56. The largest absolute Gasteiger partial charge is 0.331 e. The van der Waals surface area contributed by atoms with Gasteiger partial charge in [0.25, 0.3) is 0 Å². The van der Waals surface area contributed by atoms with Crippen LogP contribution in [0.3, 0.4) is 0 Å². The van der Waals surface area contributed by atoms with Crippen molar-refractivity contribution in [1.29, 1.82) is 0 Å². The number of hydrogen-bond donors (Lipinski definition) is 2. The van der Waals surface area contributed by atoms with Crippen LogP contribution in [0.15, 0.2) is 54.6 Å².